The van der Waals surface area contributed by atoms with Gasteiger partial charge in [-0.15, -0.1) is 0 Å². The number of amides is 1. The number of carbonyl (C=O) groups excluding carboxylic acids is 1. The molecule has 0 aliphatic carbocycles. The van der Waals surface area contributed by atoms with Gasteiger partial charge in [0, 0.05) is 0 Å². The van der Waals surface area contributed by atoms with Gasteiger partial charge in [0.25, 0.3) is 0 Å². The smallest absolute Gasteiger partial charge is 0.247 e. The molecule has 0 saturated carbocycles. The largest absolute Gasteiger partial charge is 0.320 e. The zero-order valence-electron chi connectivity index (χ0n) is 8.15. The highest BCUT2D eigenvalue weighted by atomic mass is 32.1. The summed E-state index contributed by atoms with van der Waals surface area (Å²) in [6, 6.07) is 3.79. The van der Waals surface area contributed by atoms with Gasteiger partial charge in [0.05, 0.1) is 17.4 Å². The fraction of sp³-hybridized carbons (Fsp3) is 0.100. The summed E-state index contributed by atoms with van der Waals surface area (Å²) in [5.41, 5.74) is 3.21. The lowest BCUT2D eigenvalue weighted by molar-refractivity contribution is -0.111. The fourth-order valence-corrected chi connectivity index (χ4v) is 1.83. The molecule has 0 bridgehead atoms. The van der Waals surface area contributed by atoms with Gasteiger partial charge in [-0.05, 0) is 24.6 Å². The van der Waals surface area contributed by atoms with Crippen LogP contribution in [-0.2, 0) is 4.79 Å². The van der Waals surface area contributed by atoms with Crippen LogP contribution in [0.1, 0.15) is 5.56 Å². The topological polar surface area (TPSA) is 54.9 Å². The summed E-state index contributed by atoms with van der Waals surface area (Å²) in [4.78, 5) is 11.2. The molecule has 0 aliphatic heterocycles. The molecule has 0 saturated heterocycles. The van der Waals surface area contributed by atoms with Gasteiger partial charge >= 0.3 is 0 Å². The van der Waals surface area contributed by atoms with E-state index >= 15 is 0 Å². The zero-order chi connectivity index (χ0) is 10.8. The Kier molecular flexibility index (Phi) is 2.47. The van der Waals surface area contributed by atoms with E-state index < -0.39 is 0 Å². The van der Waals surface area contributed by atoms with Crippen molar-refractivity contribution in [1.82, 2.24) is 8.75 Å². The molecule has 4 nitrogen and oxygen atoms in total. The summed E-state index contributed by atoms with van der Waals surface area (Å²) in [7, 11) is 0. The second-order valence-electron chi connectivity index (χ2n) is 3.08. The maximum absolute atomic E-state index is 11.2. The monoisotopic (exact) mass is 219 g/mol. The Bertz CT molecular complexity index is 532. The van der Waals surface area contributed by atoms with Crippen LogP contribution in [0.5, 0.6) is 0 Å². The average molecular weight is 219 g/mol. The molecule has 2 aromatic rings. The minimum atomic E-state index is -0.237. The van der Waals surface area contributed by atoms with Gasteiger partial charge < -0.3 is 5.32 Å². The molecule has 0 fully saturated rings. The van der Waals surface area contributed by atoms with Crippen LogP contribution in [0.3, 0.4) is 0 Å². The SMILES string of the molecule is C=CC(=O)Nc1c(C)ccc2nsnc12. The lowest BCUT2D eigenvalue weighted by Crippen LogP contribution is -2.09. The van der Waals surface area contributed by atoms with Gasteiger partial charge in [-0.1, -0.05) is 12.6 Å². The molecule has 5 heteroatoms. The van der Waals surface area contributed by atoms with Crippen LogP contribution < -0.4 is 5.32 Å². The van der Waals surface area contributed by atoms with Crippen LogP contribution in [0.4, 0.5) is 5.69 Å². The highest BCUT2D eigenvalue weighted by Crippen LogP contribution is 2.25. The van der Waals surface area contributed by atoms with Gasteiger partial charge in [-0.3, -0.25) is 4.79 Å². The number of aromatic nitrogens is 2. The van der Waals surface area contributed by atoms with E-state index in [0.717, 1.165) is 28.3 Å². The third-order valence-corrected chi connectivity index (χ3v) is 2.61. The maximum atomic E-state index is 11.2. The molecule has 0 unspecified atom stereocenters. The second kappa shape index (κ2) is 3.78. The third kappa shape index (κ3) is 1.73. The Morgan fingerprint density at radius 2 is 2.33 bits per heavy atom. The van der Waals surface area contributed by atoms with Crippen molar-refractivity contribution < 1.29 is 4.79 Å². The third-order valence-electron chi connectivity index (χ3n) is 2.07. The quantitative estimate of drug-likeness (QED) is 0.787. The molecule has 0 radical (unpaired) electrons. The van der Waals surface area contributed by atoms with Crippen LogP contribution in [0, 0.1) is 6.92 Å². The molecule has 1 amide bonds. The number of nitrogens with zero attached hydrogens (tertiary/aromatic N) is 2. The number of rotatable bonds is 2. The van der Waals surface area contributed by atoms with Gasteiger partial charge in [-0.25, -0.2) is 0 Å². The lowest BCUT2D eigenvalue weighted by Gasteiger charge is -2.05. The van der Waals surface area contributed by atoms with E-state index in [-0.39, 0.29) is 5.91 Å². The molecular weight excluding hydrogens is 210 g/mol. The first-order valence-electron chi connectivity index (χ1n) is 4.37. The Morgan fingerprint density at radius 1 is 1.53 bits per heavy atom. The van der Waals surface area contributed by atoms with Crippen LogP contribution in [-0.4, -0.2) is 14.7 Å². The number of hydrogen-bond donors (Lipinski definition) is 1. The zero-order valence-corrected chi connectivity index (χ0v) is 8.97. The molecule has 0 spiro atoms. The predicted octanol–water partition coefficient (Wildman–Crippen LogP) is 2.12. The minimum Gasteiger partial charge on any atom is -0.320 e. The van der Waals surface area contributed by atoms with Crippen molar-refractivity contribution >= 4 is 34.4 Å². The van der Waals surface area contributed by atoms with Crippen molar-refractivity contribution in [3.63, 3.8) is 0 Å². The number of hydrogen-bond acceptors (Lipinski definition) is 4. The highest BCUT2D eigenvalue weighted by Gasteiger charge is 2.09. The number of carbonyl (C=O) groups is 1. The van der Waals surface area contributed by atoms with Crippen LogP contribution in [0.25, 0.3) is 11.0 Å². The van der Waals surface area contributed by atoms with E-state index in [1.807, 2.05) is 19.1 Å². The van der Waals surface area contributed by atoms with E-state index in [4.69, 9.17) is 0 Å². The Hall–Kier alpha value is -1.75. The summed E-state index contributed by atoms with van der Waals surface area (Å²) >= 11 is 1.13. The number of anilines is 1. The van der Waals surface area contributed by atoms with Crippen molar-refractivity contribution in [3.8, 4) is 0 Å². The number of nitrogens with one attached hydrogen (secondary N) is 1. The van der Waals surface area contributed by atoms with E-state index in [2.05, 4.69) is 20.6 Å². The van der Waals surface area contributed by atoms with Gasteiger partial charge in [0.2, 0.25) is 5.91 Å². The lowest BCUT2D eigenvalue weighted by atomic mass is 10.1. The van der Waals surface area contributed by atoms with Gasteiger partial charge in [0.1, 0.15) is 11.0 Å². The molecule has 1 heterocycles. The normalized spacial score (nSPS) is 10.2. The summed E-state index contributed by atoms with van der Waals surface area (Å²) < 4.78 is 8.26. The second-order valence-corrected chi connectivity index (χ2v) is 3.61. The molecule has 2 rings (SSSR count). The fourth-order valence-electron chi connectivity index (χ4n) is 1.28. The van der Waals surface area contributed by atoms with Crippen LogP contribution in [0.2, 0.25) is 0 Å². The van der Waals surface area contributed by atoms with Crippen molar-refractivity contribution in [1.29, 1.82) is 0 Å². The molecule has 1 aromatic heterocycles. The molecule has 15 heavy (non-hydrogen) atoms. The summed E-state index contributed by atoms with van der Waals surface area (Å²) in [6.45, 7) is 5.32. The predicted molar refractivity (Wildman–Crippen MR) is 61.0 cm³/mol. The standard InChI is InChI=1S/C10H9N3OS/c1-3-8(14)11-9-6(2)4-5-7-10(9)13-15-12-7/h3-5H,1H2,2H3,(H,11,14). The van der Waals surface area contributed by atoms with Gasteiger partial charge in [0.15, 0.2) is 0 Å². The maximum Gasteiger partial charge on any atom is 0.247 e. The Balaban J connectivity index is 2.56. The van der Waals surface area contributed by atoms with Crippen LogP contribution in [0.15, 0.2) is 24.8 Å². The van der Waals surface area contributed by atoms with Crippen molar-refractivity contribution in [2.75, 3.05) is 5.32 Å². The summed E-state index contributed by atoms with van der Waals surface area (Å²) in [5, 5.41) is 2.74. The number of benzene rings is 1. The first-order valence-corrected chi connectivity index (χ1v) is 5.10. The minimum absolute atomic E-state index is 0.237. The van der Waals surface area contributed by atoms with E-state index in [9.17, 15) is 4.79 Å². The highest BCUT2D eigenvalue weighted by molar-refractivity contribution is 7.00. The molecule has 1 aromatic carbocycles. The molecule has 76 valence electrons. The molecule has 0 aliphatic rings. The average Bonchev–Trinajstić information content (AvgIpc) is 2.70. The van der Waals surface area contributed by atoms with Crippen molar-refractivity contribution in [3.05, 3.63) is 30.4 Å². The summed E-state index contributed by atoms with van der Waals surface area (Å²) in [5.74, 6) is -0.237. The van der Waals surface area contributed by atoms with Crippen molar-refractivity contribution in [2.24, 2.45) is 0 Å². The summed E-state index contributed by atoms with van der Waals surface area (Å²) in [6.07, 6.45) is 1.23. The molecule has 0 atom stereocenters. The first-order chi connectivity index (χ1) is 7.22. The van der Waals surface area contributed by atoms with E-state index in [1.54, 1.807) is 0 Å². The number of fused-ring (bicyclic) bond motifs is 1. The molecule has 1 N–H and O–H groups in total. The van der Waals surface area contributed by atoms with Gasteiger partial charge in [-0.2, -0.15) is 8.75 Å². The van der Waals surface area contributed by atoms with E-state index in [1.165, 1.54) is 6.08 Å². The Labute approximate surface area is 91.0 Å². The van der Waals surface area contributed by atoms with E-state index in [0.29, 0.717) is 5.69 Å². The van der Waals surface area contributed by atoms with Crippen molar-refractivity contribution in [2.45, 2.75) is 6.92 Å². The molecular formula is C10H9N3OS. The first kappa shape index (κ1) is 9.79. The Morgan fingerprint density at radius 3 is 3.07 bits per heavy atom. The van der Waals surface area contributed by atoms with Crippen LogP contribution >= 0.6 is 11.7 Å². The number of aryl methyl sites for hydroxylation is 1.